The van der Waals surface area contributed by atoms with Crippen molar-refractivity contribution in [3.05, 3.63) is 0 Å². The van der Waals surface area contributed by atoms with E-state index in [-0.39, 0.29) is 12.1 Å². The molecule has 5 heteroatoms. The maximum atomic E-state index is 11.4. The Hall–Kier alpha value is -0.320. The zero-order valence-corrected chi connectivity index (χ0v) is 9.67. The Morgan fingerprint density at radius 1 is 1.53 bits per heavy atom. The highest BCUT2D eigenvalue weighted by molar-refractivity contribution is 6.14. The third-order valence-electron chi connectivity index (χ3n) is 3.04. The lowest BCUT2D eigenvalue weighted by Gasteiger charge is -2.19. The Morgan fingerprint density at radius 2 is 2.20 bits per heavy atom. The molecule has 15 heavy (non-hydrogen) atoms. The van der Waals surface area contributed by atoms with Gasteiger partial charge in [0.05, 0.1) is 18.1 Å². The Balaban J connectivity index is 1.91. The predicted molar refractivity (Wildman–Crippen MR) is 53.1 cm³/mol. The van der Waals surface area contributed by atoms with Gasteiger partial charge in [-0.05, 0) is 33.1 Å². The molecule has 0 amide bonds. The van der Waals surface area contributed by atoms with Crippen molar-refractivity contribution >= 4 is 17.8 Å². The third-order valence-corrected chi connectivity index (χ3v) is 3.18. The molecular weight excluding hydrogens is 220 g/mol. The first-order valence-corrected chi connectivity index (χ1v) is 5.43. The topological polar surface area (TPSA) is 44.8 Å². The molecule has 2 fully saturated rings. The molecule has 86 valence electrons. The maximum Gasteiger partial charge on any atom is 0.330 e. The van der Waals surface area contributed by atoms with Gasteiger partial charge >= 0.3 is 5.97 Å². The Morgan fingerprint density at radius 3 is 2.60 bits per heavy atom. The van der Waals surface area contributed by atoms with Crippen molar-refractivity contribution in [3.8, 4) is 0 Å². The van der Waals surface area contributed by atoms with Gasteiger partial charge in [0.15, 0.2) is 5.79 Å². The molecule has 1 aliphatic heterocycles. The zero-order chi connectivity index (χ0) is 11.1. The molecule has 0 aromatic heterocycles. The summed E-state index contributed by atoms with van der Waals surface area (Å²) >= 11 is 5.10. The summed E-state index contributed by atoms with van der Waals surface area (Å²) in [5.74, 6) is -0.872. The number of carbonyl (C=O) groups is 1. The van der Waals surface area contributed by atoms with Crippen LogP contribution in [0, 0.1) is 5.41 Å². The number of rotatable bonds is 3. The van der Waals surface area contributed by atoms with Crippen LogP contribution in [0.4, 0.5) is 0 Å². The van der Waals surface area contributed by atoms with Crippen LogP contribution >= 0.6 is 11.9 Å². The van der Waals surface area contributed by atoms with E-state index in [1.165, 1.54) is 0 Å². The Kier molecular flexibility index (Phi) is 2.69. The summed E-state index contributed by atoms with van der Waals surface area (Å²) in [4.78, 5) is 11.4. The van der Waals surface area contributed by atoms with Crippen molar-refractivity contribution in [2.24, 2.45) is 5.41 Å². The molecule has 4 nitrogen and oxygen atoms in total. The van der Waals surface area contributed by atoms with E-state index in [1.54, 1.807) is 0 Å². The van der Waals surface area contributed by atoms with Crippen LogP contribution in [0.15, 0.2) is 0 Å². The van der Waals surface area contributed by atoms with Crippen molar-refractivity contribution in [3.63, 3.8) is 0 Å². The van der Waals surface area contributed by atoms with E-state index in [1.807, 2.05) is 13.8 Å². The fraction of sp³-hybridized carbons (Fsp3) is 0.900. The highest BCUT2D eigenvalue weighted by Gasteiger charge is 2.54. The zero-order valence-electron chi connectivity index (χ0n) is 8.92. The first-order valence-electron chi connectivity index (χ1n) is 5.12. The van der Waals surface area contributed by atoms with Crippen LogP contribution < -0.4 is 0 Å². The van der Waals surface area contributed by atoms with Gasteiger partial charge in [0, 0.05) is 0 Å². The van der Waals surface area contributed by atoms with Crippen molar-refractivity contribution in [2.45, 2.75) is 45.0 Å². The predicted octanol–water partition coefficient (Wildman–Crippen LogP) is 2.01. The molecule has 0 radical (unpaired) electrons. The smallest absolute Gasteiger partial charge is 0.330 e. The number of hydrogen-bond acceptors (Lipinski definition) is 4. The first kappa shape index (κ1) is 11.2. The van der Waals surface area contributed by atoms with Crippen molar-refractivity contribution in [1.82, 2.24) is 0 Å². The molecule has 1 aliphatic carbocycles. The Labute approximate surface area is 94.0 Å². The molecule has 1 saturated carbocycles. The quantitative estimate of drug-likeness (QED) is 0.749. The molecule has 1 heterocycles. The summed E-state index contributed by atoms with van der Waals surface area (Å²) in [5, 5.41) is 0. The minimum atomic E-state index is -0.536. The molecule has 2 aliphatic rings. The second kappa shape index (κ2) is 3.61. The fourth-order valence-corrected chi connectivity index (χ4v) is 2.19. The molecule has 0 unspecified atom stereocenters. The Bertz CT molecular complexity index is 273. The maximum absolute atomic E-state index is 11.4. The van der Waals surface area contributed by atoms with Gasteiger partial charge in [-0.15, -0.1) is 0 Å². The average Bonchev–Trinajstić information content (AvgIpc) is 2.86. The van der Waals surface area contributed by atoms with Crippen LogP contribution in [0.25, 0.3) is 0 Å². The van der Waals surface area contributed by atoms with Gasteiger partial charge in [0.2, 0.25) is 0 Å². The van der Waals surface area contributed by atoms with Crippen LogP contribution in [0.5, 0.6) is 0 Å². The molecule has 1 atom stereocenters. The largest absolute Gasteiger partial charge is 0.348 e. The van der Waals surface area contributed by atoms with Crippen molar-refractivity contribution in [1.29, 1.82) is 0 Å². The molecule has 1 saturated heterocycles. The third kappa shape index (κ3) is 2.27. The summed E-state index contributed by atoms with van der Waals surface area (Å²) in [7, 11) is 0. The average molecular weight is 235 g/mol. The fourth-order valence-electron chi connectivity index (χ4n) is 2.02. The lowest BCUT2D eigenvalue weighted by molar-refractivity contribution is -0.149. The highest BCUT2D eigenvalue weighted by Crippen LogP contribution is 2.52. The van der Waals surface area contributed by atoms with E-state index in [2.05, 4.69) is 4.29 Å². The van der Waals surface area contributed by atoms with Gasteiger partial charge in [-0.1, -0.05) is 0 Å². The second-order valence-corrected chi connectivity index (χ2v) is 4.95. The van der Waals surface area contributed by atoms with Crippen molar-refractivity contribution in [2.75, 3.05) is 6.61 Å². The van der Waals surface area contributed by atoms with E-state index in [4.69, 9.17) is 21.3 Å². The van der Waals surface area contributed by atoms with Crippen LogP contribution in [0.2, 0.25) is 0 Å². The summed E-state index contributed by atoms with van der Waals surface area (Å²) in [5.41, 5.74) is -0.407. The van der Waals surface area contributed by atoms with Crippen molar-refractivity contribution < 1.29 is 18.6 Å². The van der Waals surface area contributed by atoms with Crippen LogP contribution in [-0.4, -0.2) is 24.5 Å². The molecule has 0 aromatic carbocycles. The number of halogens is 1. The number of hydrogen-bond donors (Lipinski definition) is 0. The van der Waals surface area contributed by atoms with Gasteiger partial charge in [-0.3, -0.25) is 0 Å². The SMILES string of the molecule is CC1(C)OC[C@@H](CC2(C(=O)OCl)CC2)O1. The number of carbonyl (C=O) groups excluding carboxylic acids is 1. The minimum Gasteiger partial charge on any atom is -0.348 e. The van der Waals surface area contributed by atoms with Crippen LogP contribution in [0.1, 0.15) is 33.1 Å². The monoisotopic (exact) mass is 234 g/mol. The first-order chi connectivity index (χ1) is 6.97. The lowest BCUT2D eigenvalue weighted by Crippen LogP contribution is -2.26. The molecule has 0 spiro atoms. The van der Waals surface area contributed by atoms with Gasteiger partial charge in [-0.25, -0.2) is 4.79 Å². The second-order valence-electron chi connectivity index (χ2n) is 4.80. The van der Waals surface area contributed by atoms with Gasteiger partial charge in [0.1, 0.15) is 11.9 Å². The van der Waals surface area contributed by atoms with Gasteiger partial charge < -0.3 is 13.8 Å². The lowest BCUT2D eigenvalue weighted by atomic mass is 9.99. The standard InChI is InChI=1S/C10H15ClO4/c1-9(2)13-6-7(14-9)5-10(3-4-10)8(12)15-11/h7H,3-6H2,1-2H3/t7-/m1/s1. The summed E-state index contributed by atoms with van der Waals surface area (Å²) in [6.07, 6.45) is 2.28. The summed E-state index contributed by atoms with van der Waals surface area (Å²) in [6.45, 7) is 4.27. The number of ether oxygens (including phenoxy) is 2. The van der Waals surface area contributed by atoms with E-state index in [0.29, 0.717) is 13.0 Å². The van der Waals surface area contributed by atoms with Gasteiger partial charge in [0.25, 0.3) is 0 Å². The van der Waals surface area contributed by atoms with E-state index in [9.17, 15) is 4.79 Å². The molecule has 0 bridgehead atoms. The normalized spacial score (nSPS) is 31.3. The molecule has 2 rings (SSSR count). The van der Waals surface area contributed by atoms with Crippen LogP contribution in [-0.2, 0) is 18.6 Å². The molecule has 0 aromatic rings. The minimum absolute atomic E-state index is 0.0294. The summed E-state index contributed by atoms with van der Waals surface area (Å²) < 4.78 is 15.4. The van der Waals surface area contributed by atoms with E-state index in [0.717, 1.165) is 12.8 Å². The van der Waals surface area contributed by atoms with E-state index >= 15 is 0 Å². The summed E-state index contributed by atoms with van der Waals surface area (Å²) in [6, 6.07) is 0. The van der Waals surface area contributed by atoms with Gasteiger partial charge in [-0.2, -0.15) is 0 Å². The molecule has 0 N–H and O–H groups in total. The van der Waals surface area contributed by atoms with E-state index < -0.39 is 11.2 Å². The molecular formula is C10H15ClO4. The highest BCUT2D eigenvalue weighted by atomic mass is 35.5. The van der Waals surface area contributed by atoms with Crippen LogP contribution in [0.3, 0.4) is 0 Å².